The van der Waals surface area contributed by atoms with Crippen molar-refractivity contribution in [2.24, 2.45) is 0 Å². The average Bonchev–Trinajstić information content (AvgIpc) is 3.26. The van der Waals surface area contributed by atoms with Gasteiger partial charge in [-0.1, -0.05) is 6.92 Å². The maximum Gasteiger partial charge on any atom is 0.343 e. The molecule has 1 saturated heterocycles. The molecule has 0 radical (unpaired) electrons. The Labute approximate surface area is 216 Å². The predicted octanol–water partition coefficient (Wildman–Crippen LogP) is 1.55. The zero-order valence-corrected chi connectivity index (χ0v) is 21.1. The van der Waals surface area contributed by atoms with Gasteiger partial charge < -0.3 is 24.4 Å². The number of halogens is 1. The lowest BCUT2D eigenvalue weighted by Gasteiger charge is -2.53. The Kier molecular flexibility index (Phi) is 4.62. The summed E-state index contributed by atoms with van der Waals surface area (Å²) in [5, 5.41) is 21.4. The second kappa shape index (κ2) is 7.48. The molecule has 0 unspecified atom stereocenters. The Balaban J connectivity index is 1.51. The zero-order valence-electron chi connectivity index (χ0n) is 21.1. The lowest BCUT2D eigenvalue weighted by atomic mass is 9.63. The fourth-order valence-corrected chi connectivity index (χ4v) is 7.05. The second-order valence-corrected chi connectivity index (χ2v) is 11.0. The summed E-state index contributed by atoms with van der Waals surface area (Å²) < 4.78 is 21.8. The molecule has 5 heterocycles. The number of aryl methyl sites for hydroxylation is 1. The van der Waals surface area contributed by atoms with Gasteiger partial charge >= 0.3 is 5.97 Å². The van der Waals surface area contributed by atoms with Gasteiger partial charge in [0.2, 0.25) is 5.91 Å². The van der Waals surface area contributed by atoms with E-state index in [0.29, 0.717) is 48.4 Å². The van der Waals surface area contributed by atoms with Crippen LogP contribution in [0.1, 0.15) is 53.1 Å². The minimum absolute atomic E-state index is 0.0384. The molecule has 1 spiro atoms. The van der Waals surface area contributed by atoms with Crippen molar-refractivity contribution < 1.29 is 28.9 Å². The Morgan fingerprint density at radius 1 is 1.21 bits per heavy atom. The van der Waals surface area contributed by atoms with Crippen LogP contribution in [-0.2, 0) is 44.9 Å². The molecule has 4 aliphatic rings. The standard InChI is InChI=1S/C28H26FN3O6/c1-3-28(37)17-6-20-24-15(8-32(20)25(35)16(17)10-38-26(28)36)23-22-14(13(2)18(29)7-19(22)30-24)4-5-27(23)11-31(12-27)21(34)9-33/h6-7,33,37H,3-5,8-12H2,1-2H3/t28-/m0/s1. The fraction of sp³-hybridized carbons (Fsp3) is 0.429. The molecule has 196 valence electrons. The van der Waals surface area contributed by atoms with Crippen LogP contribution in [0.5, 0.6) is 0 Å². The molecule has 38 heavy (non-hydrogen) atoms. The first-order chi connectivity index (χ1) is 18.1. The quantitative estimate of drug-likeness (QED) is 0.386. The summed E-state index contributed by atoms with van der Waals surface area (Å²) in [7, 11) is 0. The number of nitrogens with zero attached hydrogens (tertiary/aromatic N) is 3. The Bertz CT molecular complexity index is 1690. The summed E-state index contributed by atoms with van der Waals surface area (Å²) in [4.78, 5) is 44.9. The summed E-state index contributed by atoms with van der Waals surface area (Å²) in [6, 6.07) is 3.08. The second-order valence-electron chi connectivity index (χ2n) is 11.0. The third-order valence-corrected chi connectivity index (χ3v) is 9.16. The van der Waals surface area contributed by atoms with Crippen molar-refractivity contribution in [3.05, 3.63) is 61.7 Å². The summed E-state index contributed by atoms with van der Waals surface area (Å²) in [6.07, 6.45) is 1.38. The number of carbonyl (C=O) groups excluding carboxylic acids is 2. The molecule has 1 fully saturated rings. The Hall–Kier alpha value is -3.63. The van der Waals surface area contributed by atoms with Crippen LogP contribution in [0.2, 0.25) is 0 Å². The van der Waals surface area contributed by atoms with Crippen LogP contribution in [0.3, 0.4) is 0 Å². The molecule has 0 saturated carbocycles. The molecule has 2 N–H and O–H groups in total. The van der Waals surface area contributed by atoms with Crippen LogP contribution in [0.4, 0.5) is 4.39 Å². The number of pyridine rings is 2. The first kappa shape index (κ1) is 23.5. The number of cyclic esters (lactones) is 1. The number of hydrogen-bond donors (Lipinski definition) is 2. The number of amides is 1. The molecule has 0 bridgehead atoms. The van der Waals surface area contributed by atoms with Crippen molar-refractivity contribution in [2.75, 3.05) is 19.7 Å². The van der Waals surface area contributed by atoms with Crippen molar-refractivity contribution in [3.8, 4) is 11.4 Å². The first-order valence-corrected chi connectivity index (χ1v) is 12.8. The van der Waals surface area contributed by atoms with Crippen molar-refractivity contribution in [2.45, 2.75) is 57.3 Å². The third-order valence-electron chi connectivity index (χ3n) is 9.16. The number of fused-ring (bicyclic) bond motifs is 6. The van der Waals surface area contributed by atoms with E-state index >= 15 is 4.39 Å². The number of aliphatic hydroxyl groups excluding tert-OH is 1. The number of carbonyl (C=O) groups is 2. The van der Waals surface area contributed by atoms with Crippen LogP contribution in [0.25, 0.3) is 22.3 Å². The minimum atomic E-state index is -1.94. The molecule has 1 amide bonds. The molecule has 1 atom stereocenters. The predicted molar refractivity (Wildman–Crippen MR) is 133 cm³/mol. The minimum Gasteiger partial charge on any atom is -0.458 e. The summed E-state index contributed by atoms with van der Waals surface area (Å²) in [6.45, 7) is 3.72. The van der Waals surface area contributed by atoms with Gasteiger partial charge in [0.25, 0.3) is 5.56 Å². The monoisotopic (exact) mass is 519 g/mol. The van der Waals surface area contributed by atoms with Gasteiger partial charge in [-0.15, -0.1) is 0 Å². The maximum atomic E-state index is 15.0. The van der Waals surface area contributed by atoms with Gasteiger partial charge in [-0.3, -0.25) is 9.59 Å². The molecular weight excluding hydrogens is 493 g/mol. The van der Waals surface area contributed by atoms with Gasteiger partial charge in [0.05, 0.1) is 29.0 Å². The fourth-order valence-electron chi connectivity index (χ4n) is 7.05. The normalized spacial score (nSPS) is 22.1. The molecule has 1 aromatic carbocycles. The van der Waals surface area contributed by atoms with Crippen LogP contribution < -0.4 is 5.56 Å². The van der Waals surface area contributed by atoms with Gasteiger partial charge in [0.15, 0.2) is 5.60 Å². The topological polar surface area (TPSA) is 122 Å². The summed E-state index contributed by atoms with van der Waals surface area (Å²) >= 11 is 0. The highest BCUT2D eigenvalue weighted by Crippen LogP contribution is 2.52. The van der Waals surface area contributed by atoms with E-state index in [9.17, 15) is 24.6 Å². The van der Waals surface area contributed by atoms with Crippen molar-refractivity contribution in [3.63, 3.8) is 0 Å². The molecule has 9 nitrogen and oxygen atoms in total. The number of aromatic nitrogens is 2. The number of likely N-dealkylation sites (tertiary alicyclic amines) is 1. The van der Waals surface area contributed by atoms with Crippen molar-refractivity contribution in [1.29, 1.82) is 0 Å². The maximum absolute atomic E-state index is 15.0. The van der Waals surface area contributed by atoms with E-state index in [1.165, 1.54) is 6.07 Å². The summed E-state index contributed by atoms with van der Waals surface area (Å²) in [5.74, 6) is -1.48. The highest BCUT2D eigenvalue weighted by atomic mass is 19.1. The molecule has 7 rings (SSSR count). The van der Waals surface area contributed by atoms with Gasteiger partial charge in [0.1, 0.15) is 19.0 Å². The Morgan fingerprint density at radius 3 is 2.68 bits per heavy atom. The highest BCUT2D eigenvalue weighted by Gasteiger charge is 2.52. The first-order valence-electron chi connectivity index (χ1n) is 12.8. The van der Waals surface area contributed by atoms with Crippen LogP contribution in [-0.4, -0.2) is 56.2 Å². The van der Waals surface area contributed by atoms with Crippen LogP contribution in [0, 0.1) is 12.7 Å². The van der Waals surface area contributed by atoms with Gasteiger partial charge in [-0.25, -0.2) is 14.2 Å². The van der Waals surface area contributed by atoms with Gasteiger partial charge in [-0.2, -0.15) is 0 Å². The largest absolute Gasteiger partial charge is 0.458 e. The van der Waals surface area contributed by atoms with E-state index in [2.05, 4.69) is 0 Å². The molecule has 10 heteroatoms. The number of hydrogen-bond acceptors (Lipinski definition) is 7. The number of esters is 1. The van der Waals surface area contributed by atoms with Crippen molar-refractivity contribution in [1.82, 2.24) is 14.5 Å². The molecule has 1 aliphatic carbocycles. The Morgan fingerprint density at radius 2 is 1.97 bits per heavy atom. The van der Waals surface area contributed by atoms with Crippen LogP contribution >= 0.6 is 0 Å². The van der Waals surface area contributed by atoms with Gasteiger partial charge in [-0.05, 0) is 48.9 Å². The molecular formula is C28H26FN3O6. The van der Waals surface area contributed by atoms with Crippen molar-refractivity contribution >= 4 is 22.8 Å². The average molecular weight is 520 g/mol. The lowest BCUT2D eigenvalue weighted by molar-refractivity contribution is -0.172. The van der Waals surface area contributed by atoms with E-state index in [-0.39, 0.29) is 48.0 Å². The van der Waals surface area contributed by atoms with E-state index in [0.717, 1.165) is 22.1 Å². The third kappa shape index (κ3) is 2.71. The van der Waals surface area contributed by atoms with E-state index in [1.807, 2.05) is 0 Å². The zero-order chi connectivity index (χ0) is 26.7. The number of benzene rings is 1. The molecule has 3 aliphatic heterocycles. The molecule has 2 aromatic heterocycles. The SMILES string of the molecule is CC[C@@]1(O)C(=O)OCc2c1cc1n(c2=O)Cc2c-1nc1cc(F)c(C)c3c1c2C1(CC3)CN(C(=O)CO)C1. The lowest BCUT2D eigenvalue weighted by Crippen LogP contribution is -2.63. The van der Waals surface area contributed by atoms with Crippen LogP contribution in [0.15, 0.2) is 16.9 Å². The molecule has 3 aromatic rings. The number of aliphatic hydroxyl groups is 2. The smallest absolute Gasteiger partial charge is 0.343 e. The summed E-state index contributed by atoms with van der Waals surface area (Å²) in [5.41, 5.74) is 2.52. The van der Waals surface area contributed by atoms with E-state index < -0.39 is 23.6 Å². The number of ether oxygens (including phenoxy) is 1. The van der Waals surface area contributed by atoms with Gasteiger partial charge in [0, 0.05) is 41.1 Å². The van der Waals surface area contributed by atoms with E-state index in [1.54, 1.807) is 29.4 Å². The highest BCUT2D eigenvalue weighted by molar-refractivity contribution is 5.94. The number of rotatable bonds is 2. The van der Waals surface area contributed by atoms with E-state index in [4.69, 9.17) is 9.72 Å².